The van der Waals surface area contributed by atoms with Gasteiger partial charge in [0.1, 0.15) is 0 Å². The Morgan fingerprint density at radius 3 is 2.44 bits per heavy atom. The first-order valence-corrected chi connectivity index (χ1v) is 7.78. The van der Waals surface area contributed by atoms with Gasteiger partial charge in [-0.1, -0.05) is 19.8 Å². The molecule has 18 heavy (non-hydrogen) atoms. The molecule has 3 nitrogen and oxygen atoms in total. The normalized spacial score (nSPS) is 26.3. The maximum absolute atomic E-state index is 6.05. The summed E-state index contributed by atoms with van der Waals surface area (Å²) in [6.45, 7) is 8.71. The van der Waals surface area contributed by atoms with Gasteiger partial charge in [-0.25, -0.2) is 0 Å². The van der Waals surface area contributed by atoms with Gasteiger partial charge in [-0.3, -0.25) is 0 Å². The van der Waals surface area contributed by atoms with Crippen molar-refractivity contribution in [2.45, 2.75) is 45.4 Å². The van der Waals surface area contributed by atoms with Gasteiger partial charge in [0, 0.05) is 19.8 Å². The van der Waals surface area contributed by atoms with Gasteiger partial charge in [0.2, 0.25) is 0 Å². The molecule has 0 unspecified atom stereocenters. The lowest BCUT2D eigenvalue weighted by Gasteiger charge is -2.42. The van der Waals surface area contributed by atoms with Crippen LogP contribution in [-0.2, 0) is 4.74 Å². The molecule has 0 aromatic rings. The first-order chi connectivity index (χ1) is 8.78. The van der Waals surface area contributed by atoms with Crippen molar-refractivity contribution in [3.63, 3.8) is 0 Å². The average Bonchev–Trinajstić information content (AvgIpc) is 2.42. The van der Waals surface area contributed by atoms with Crippen LogP contribution in [0.5, 0.6) is 0 Å². The van der Waals surface area contributed by atoms with E-state index >= 15 is 0 Å². The maximum atomic E-state index is 6.05. The zero-order valence-electron chi connectivity index (χ0n) is 12.0. The SMILES string of the molecule is CCCC1CCN(CC2(CN)CCOCC2)CC1. The van der Waals surface area contributed by atoms with Gasteiger partial charge in [0.05, 0.1) is 0 Å². The molecule has 2 heterocycles. The van der Waals surface area contributed by atoms with E-state index in [2.05, 4.69) is 11.8 Å². The van der Waals surface area contributed by atoms with Crippen molar-refractivity contribution in [1.82, 2.24) is 4.90 Å². The molecule has 0 bridgehead atoms. The molecule has 2 fully saturated rings. The fraction of sp³-hybridized carbons (Fsp3) is 1.00. The molecule has 3 heteroatoms. The molecule has 0 spiro atoms. The third-order valence-corrected chi connectivity index (χ3v) is 4.95. The summed E-state index contributed by atoms with van der Waals surface area (Å²) in [7, 11) is 0. The highest BCUT2D eigenvalue weighted by atomic mass is 16.5. The van der Waals surface area contributed by atoms with Gasteiger partial charge >= 0.3 is 0 Å². The van der Waals surface area contributed by atoms with E-state index in [1.807, 2.05) is 0 Å². The molecule has 2 rings (SSSR count). The van der Waals surface area contributed by atoms with Crippen LogP contribution in [0.1, 0.15) is 45.4 Å². The number of ether oxygens (including phenoxy) is 1. The third kappa shape index (κ3) is 3.69. The molecular weight excluding hydrogens is 224 g/mol. The second-order valence-electron chi connectivity index (χ2n) is 6.32. The summed E-state index contributed by atoms with van der Waals surface area (Å²) < 4.78 is 5.49. The minimum atomic E-state index is 0.343. The minimum Gasteiger partial charge on any atom is -0.381 e. The molecule has 0 atom stereocenters. The number of hydrogen-bond acceptors (Lipinski definition) is 3. The minimum absolute atomic E-state index is 0.343. The zero-order valence-corrected chi connectivity index (χ0v) is 12.0. The summed E-state index contributed by atoms with van der Waals surface area (Å²) in [4.78, 5) is 2.66. The molecule has 0 aliphatic carbocycles. The first kappa shape index (κ1) is 14.3. The van der Waals surface area contributed by atoms with Gasteiger partial charge in [-0.05, 0) is 56.7 Å². The molecule has 0 aromatic carbocycles. The van der Waals surface area contributed by atoms with Gasteiger partial charge in [0.15, 0.2) is 0 Å². The van der Waals surface area contributed by atoms with Crippen LogP contribution >= 0.6 is 0 Å². The Morgan fingerprint density at radius 1 is 1.22 bits per heavy atom. The van der Waals surface area contributed by atoms with Gasteiger partial charge in [0.25, 0.3) is 0 Å². The highest BCUT2D eigenvalue weighted by Gasteiger charge is 2.34. The van der Waals surface area contributed by atoms with Gasteiger partial charge < -0.3 is 15.4 Å². The van der Waals surface area contributed by atoms with Crippen molar-refractivity contribution >= 4 is 0 Å². The molecular formula is C15H30N2O. The van der Waals surface area contributed by atoms with E-state index in [4.69, 9.17) is 10.5 Å². The molecule has 2 aliphatic heterocycles. The Morgan fingerprint density at radius 2 is 1.89 bits per heavy atom. The molecule has 0 amide bonds. The molecule has 0 aromatic heterocycles. The quantitative estimate of drug-likeness (QED) is 0.818. The summed E-state index contributed by atoms with van der Waals surface area (Å²) in [6, 6.07) is 0. The van der Waals surface area contributed by atoms with Crippen molar-refractivity contribution < 1.29 is 4.74 Å². The van der Waals surface area contributed by atoms with Gasteiger partial charge in [-0.2, -0.15) is 0 Å². The number of likely N-dealkylation sites (tertiary alicyclic amines) is 1. The second-order valence-corrected chi connectivity index (χ2v) is 6.32. The molecule has 2 N–H and O–H groups in total. The van der Waals surface area contributed by atoms with Crippen LogP contribution in [0.15, 0.2) is 0 Å². The van der Waals surface area contributed by atoms with E-state index in [0.29, 0.717) is 5.41 Å². The van der Waals surface area contributed by atoms with Crippen molar-refractivity contribution in [2.75, 3.05) is 39.4 Å². The fourth-order valence-corrected chi connectivity index (χ4v) is 3.55. The van der Waals surface area contributed by atoms with E-state index in [0.717, 1.165) is 38.5 Å². The monoisotopic (exact) mass is 254 g/mol. The van der Waals surface area contributed by atoms with Crippen molar-refractivity contribution in [3.8, 4) is 0 Å². The van der Waals surface area contributed by atoms with Crippen LogP contribution in [0.2, 0.25) is 0 Å². The average molecular weight is 254 g/mol. The summed E-state index contributed by atoms with van der Waals surface area (Å²) in [5.41, 5.74) is 6.39. The lowest BCUT2D eigenvalue weighted by molar-refractivity contribution is -0.00568. The van der Waals surface area contributed by atoms with E-state index in [1.165, 1.54) is 45.3 Å². The number of rotatable bonds is 5. The van der Waals surface area contributed by atoms with Crippen molar-refractivity contribution in [2.24, 2.45) is 17.1 Å². The number of nitrogens with zero attached hydrogens (tertiary/aromatic N) is 1. The topological polar surface area (TPSA) is 38.5 Å². The Kier molecular flexibility index (Phi) is 5.46. The Bertz CT molecular complexity index is 231. The Balaban J connectivity index is 1.79. The van der Waals surface area contributed by atoms with Crippen LogP contribution in [-0.4, -0.2) is 44.3 Å². The van der Waals surface area contributed by atoms with E-state index in [9.17, 15) is 0 Å². The van der Waals surface area contributed by atoms with Gasteiger partial charge in [-0.15, -0.1) is 0 Å². The predicted molar refractivity (Wildman–Crippen MR) is 75.6 cm³/mol. The van der Waals surface area contributed by atoms with E-state index in [-0.39, 0.29) is 0 Å². The van der Waals surface area contributed by atoms with Crippen LogP contribution in [0.25, 0.3) is 0 Å². The van der Waals surface area contributed by atoms with Crippen LogP contribution < -0.4 is 5.73 Å². The largest absolute Gasteiger partial charge is 0.381 e. The Labute approximate surface area is 112 Å². The molecule has 0 saturated carbocycles. The fourth-order valence-electron chi connectivity index (χ4n) is 3.55. The van der Waals surface area contributed by atoms with Crippen LogP contribution in [0, 0.1) is 11.3 Å². The molecule has 0 radical (unpaired) electrons. The van der Waals surface area contributed by atoms with Crippen molar-refractivity contribution in [3.05, 3.63) is 0 Å². The Hall–Kier alpha value is -0.120. The van der Waals surface area contributed by atoms with E-state index < -0.39 is 0 Å². The van der Waals surface area contributed by atoms with Crippen molar-refractivity contribution in [1.29, 1.82) is 0 Å². The lowest BCUT2D eigenvalue weighted by Crippen LogP contribution is -2.48. The standard InChI is InChI=1S/C15H30N2O/c1-2-3-14-4-8-17(9-5-14)13-15(12-16)6-10-18-11-7-15/h14H,2-13,16H2,1H3. The summed E-state index contributed by atoms with van der Waals surface area (Å²) in [5.74, 6) is 0.981. The molecule has 106 valence electrons. The van der Waals surface area contributed by atoms with E-state index in [1.54, 1.807) is 0 Å². The number of hydrogen-bond donors (Lipinski definition) is 1. The highest BCUT2D eigenvalue weighted by molar-refractivity contribution is 4.87. The highest BCUT2D eigenvalue weighted by Crippen LogP contribution is 2.32. The summed E-state index contributed by atoms with van der Waals surface area (Å²) in [6.07, 6.45) is 7.85. The third-order valence-electron chi connectivity index (χ3n) is 4.95. The van der Waals surface area contributed by atoms with Crippen LogP contribution in [0.3, 0.4) is 0 Å². The van der Waals surface area contributed by atoms with Crippen LogP contribution in [0.4, 0.5) is 0 Å². The smallest absolute Gasteiger partial charge is 0.0472 e. The summed E-state index contributed by atoms with van der Waals surface area (Å²) in [5, 5.41) is 0. The maximum Gasteiger partial charge on any atom is 0.0472 e. The molecule has 2 aliphatic rings. The lowest BCUT2D eigenvalue weighted by atomic mass is 9.79. The summed E-state index contributed by atoms with van der Waals surface area (Å²) >= 11 is 0. The number of piperidine rings is 1. The zero-order chi connectivity index (χ0) is 12.8. The number of nitrogens with two attached hydrogens (primary N) is 1. The first-order valence-electron chi connectivity index (χ1n) is 7.78. The second kappa shape index (κ2) is 6.88. The predicted octanol–water partition coefficient (Wildman–Crippen LogP) is 2.25. The molecule has 2 saturated heterocycles.